The second-order valence-electron chi connectivity index (χ2n) is 8.92. The first-order valence-electron chi connectivity index (χ1n) is 11.7. The number of benzene rings is 2. The van der Waals surface area contributed by atoms with Crippen LogP contribution in [-0.2, 0) is 13.0 Å². The van der Waals surface area contributed by atoms with Crippen molar-refractivity contribution >= 4 is 28.4 Å². The Kier molecular flexibility index (Phi) is 6.91. The number of pyridine rings is 1. The summed E-state index contributed by atoms with van der Waals surface area (Å²) in [5.41, 5.74) is 5.78. The van der Waals surface area contributed by atoms with Crippen molar-refractivity contribution in [1.82, 2.24) is 24.8 Å². The van der Waals surface area contributed by atoms with Gasteiger partial charge in [-0.05, 0) is 36.4 Å². The van der Waals surface area contributed by atoms with Gasteiger partial charge in [-0.25, -0.2) is 4.98 Å². The molecule has 2 aromatic carbocycles. The van der Waals surface area contributed by atoms with Crippen LogP contribution < -0.4 is 0 Å². The molecule has 35 heavy (non-hydrogen) atoms. The molecule has 0 unspecified atom stereocenters. The maximum Gasteiger partial charge on any atom is 0.167 e. The lowest BCUT2D eigenvalue weighted by Crippen LogP contribution is -2.43. The third-order valence-corrected chi connectivity index (χ3v) is 6.68. The number of Topliss-reactive ketones (excluding diaryl/α,β-unsaturated/α-hetero) is 1. The number of rotatable bonds is 5. The SMILES string of the molecule is CN1CCN(Cc2ccc(CC(=O)c3cccc(C#Cc4cncc5[nH]cnc45)c3)cc2Cl)CC1. The molecular weight excluding hydrogens is 458 g/mol. The van der Waals surface area contributed by atoms with E-state index in [1.165, 1.54) is 0 Å². The van der Waals surface area contributed by atoms with E-state index in [1.54, 1.807) is 18.7 Å². The highest BCUT2D eigenvalue weighted by atomic mass is 35.5. The van der Waals surface area contributed by atoms with Gasteiger partial charge in [-0.3, -0.25) is 14.7 Å². The van der Waals surface area contributed by atoms with Crippen LogP contribution in [0.25, 0.3) is 11.0 Å². The van der Waals surface area contributed by atoms with Gasteiger partial charge in [-0.15, -0.1) is 0 Å². The average molecular weight is 484 g/mol. The van der Waals surface area contributed by atoms with Crippen LogP contribution in [0.4, 0.5) is 0 Å². The van der Waals surface area contributed by atoms with E-state index in [9.17, 15) is 4.79 Å². The number of nitrogens with one attached hydrogen (secondary N) is 1. The zero-order valence-corrected chi connectivity index (χ0v) is 20.3. The number of aromatic amines is 1. The van der Waals surface area contributed by atoms with Gasteiger partial charge in [-0.2, -0.15) is 0 Å². The number of ketones is 1. The van der Waals surface area contributed by atoms with Crippen molar-refractivity contribution in [3.05, 3.63) is 94.0 Å². The standard InChI is InChI=1S/C28H26ClN5O/c1-33-9-11-34(12-10-33)18-24-8-6-21(14-25(24)29)15-27(35)22-4-2-3-20(13-22)5-7-23-16-30-17-26-28(23)32-19-31-26/h2-4,6,8,13-14,16-17,19H,9-12,15,18H2,1H3,(H,31,32). The number of carbonyl (C=O) groups is 1. The van der Waals surface area contributed by atoms with Gasteiger partial charge in [0.2, 0.25) is 0 Å². The van der Waals surface area contributed by atoms with Crippen LogP contribution in [0.15, 0.2) is 61.2 Å². The quantitative estimate of drug-likeness (QED) is 0.341. The molecule has 1 aliphatic rings. The van der Waals surface area contributed by atoms with Gasteiger partial charge in [0.15, 0.2) is 5.78 Å². The van der Waals surface area contributed by atoms with Crippen molar-refractivity contribution in [2.75, 3.05) is 33.2 Å². The topological polar surface area (TPSA) is 65.1 Å². The molecule has 0 aliphatic carbocycles. The van der Waals surface area contributed by atoms with Crippen LogP contribution in [0.2, 0.25) is 5.02 Å². The van der Waals surface area contributed by atoms with E-state index in [2.05, 4.69) is 49.7 Å². The van der Waals surface area contributed by atoms with E-state index in [1.807, 2.05) is 36.4 Å². The van der Waals surface area contributed by atoms with Crippen LogP contribution in [0.1, 0.15) is 32.6 Å². The third kappa shape index (κ3) is 5.60. The lowest BCUT2D eigenvalue weighted by molar-refractivity contribution is 0.0993. The number of halogens is 1. The minimum Gasteiger partial charge on any atom is -0.343 e. The number of fused-ring (bicyclic) bond motifs is 1. The molecule has 0 amide bonds. The molecule has 3 heterocycles. The molecule has 0 saturated carbocycles. The summed E-state index contributed by atoms with van der Waals surface area (Å²) in [6.45, 7) is 5.06. The number of aromatic nitrogens is 3. The highest BCUT2D eigenvalue weighted by molar-refractivity contribution is 6.31. The first-order valence-corrected chi connectivity index (χ1v) is 12.0. The number of likely N-dealkylation sites (N-methyl/N-ethyl adjacent to an activating group) is 1. The Hall–Kier alpha value is -3.50. The van der Waals surface area contributed by atoms with Gasteiger partial charge in [0, 0.05) is 61.5 Å². The van der Waals surface area contributed by atoms with E-state index < -0.39 is 0 Å². The lowest BCUT2D eigenvalue weighted by Gasteiger charge is -2.32. The number of nitrogens with zero attached hydrogens (tertiary/aromatic N) is 4. The van der Waals surface area contributed by atoms with Crippen molar-refractivity contribution in [2.45, 2.75) is 13.0 Å². The molecule has 0 bridgehead atoms. The fourth-order valence-electron chi connectivity index (χ4n) is 4.23. The normalized spacial score (nSPS) is 14.6. The Morgan fingerprint density at radius 3 is 2.77 bits per heavy atom. The van der Waals surface area contributed by atoms with Crippen LogP contribution in [0.3, 0.4) is 0 Å². The monoisotopic (exact) mass is 483 g/mol. The summed E-state index contributed by atoms with van der Waals surface area (Å²) in [5.74, 6) is 6.30. The van der Waals surface area contributed by atoms with Gasteiger partial charge in [-0.1, -0.05) is 47.7 Å². The summed E-state index contributed by atoms with van der Waals surface area (Å²) in [5, 5.41) is 0.718. The molecule has 6 nitrogen and oxygen atoms in total. The number of hydrogen-bond acceptors (Lipinski definition) is 5. The molecule has 2 aromatic heterocycles. The van der Waals surface area contributed by atoms with Gasteiger partial charge in [0.1, 0.15) is 5.52 Å². The number of carbonyl (C=O) groups excluding carboxylic acids is 1. The highest BCUT2D eigenvalue weighted by Crippen LogP contribution is 2.22. The number of piperazine rings is 1. The molecule has 176 valence electrons. The molecule has 1 saturated heterocycles. The highest BCUT2D eigenvalue weighted by Gasteiger charge is 2.16. The molecule has 4 aromatic rings. The molecule has 1 N–H and O–H groups in total. The summed E-state index contributed by atoms with van der Waals surface area (Å²) in [6.07, 6.45) is 5.34. The van der Waals surface area contributed by atoms with Crippen LogP contribution in [0.5, 0.6) is 0 Å². The van der Waals surface area contributed by atoms with Crippen molar-refractivity contribution in [3.8, 4) is 11.8 Å². The largest absolute Gasteiger partial charge is 0.343 e. The van der Waals surface area contributed by atoms with Crippen LogP contribution >= 0.6 is 11.6 Å². The summed E-state index contributed by atoms with van der Waals surface area (Å²) in [6, 6.07) is 13.4. The predicted molar refractivity (Wildman–Crippen MR) is 139 cm³/mol. The Balaban J connectivity index is 1.26. The number of H-pyrrole nitrogens is 1. The number of hydrogen-bond donors (Lipinski definition) is 1. The molecule has 1 aliphatic heterocycles. The molecule has 1 fully saturated rings. The van der Waals surface area contributed by atoms with E-state index in [0.29, 0.717) is 12.0 Å². The molecule has 5 rings (SSSR count). The third-order valence-electron chi connectivity index (χ3n) is 6.33. The summed E-state index contributed by atoms with van der Waals surface area (Å²) < 4.78 is 0. The van der Waals surface area contributed by atoms with Crippen molar-refractivity contribution in [3.63, 3.8) is 0 Å². The van der Waals surface area contributed by atoms with Gasteiger partial charge in [0.25, 0.3) is 0 Å². The first kappa shape index (κ1) is 23.3. The van der Waals surface area contributed by atoms with Crippen molar-refractivity contribution in [2.24, 2.45) is 0 Å². The molecule has 7 heteroatoms. The molecule has 0 spiro atoms. The Labute approximate surface area is 210 Å². The Morgan fingerprint density at radius 1 is 1.09 bits per heavy atom. The molecular formula is C28H26ClN5O. The predicted octanol–water partition coefficient (Wildman–Crippen LogP) is 4.18. The maximum atomic E-state index is 13.0. The fourth-order valence-corrected chi connectivity index (χ4v) is 4.49. The van der Waals surface area contributed by atoms with E-state index in [0.717, 1.165) is 71.0 Å². The van der Waals surface area contributed by atoms with E-state index in [4.69, 9.17) is 11.6 Å². The van der Waals surface area contributed by atoms with Crippen molar-refractivity contribution in [1.29, 1.82) is 0 Å². The lowest BCUT2D eigenvalue weighted by atomic mass is 10.00. The fraction of sp³-hybridized carbons (Fsp3) is 0.250. The summed E-state index contributed by atoms with van der Waals surface area (Å²) in [7, 11) is 2.15. The molecule has 0 radical (unpaired) electrons. The average Bonchev–Trinajstić information content (AvgIpc) is 3.35. The second kappa shape index (κ2) is 10.4. The Morgan fingerprint density at radius 2 is 1.94 bits per heavy atom. The zero-order chi connectivity index (χ0) is 24.2. The van der Waals surface area contributed by atoms with E-state index >= 15 is 0 Å². The Bertz CT molecular complexity index is 1430. The minimum absolute atomic E-state index is 0.0348. The summed E-state index contributed by atoms with van der Waals surface area (Å²) in [4.78, 5) is 29.3. The summed E-state index contributed by atoms with van der Waals surface area (Å²) >= 11 is 6.59. The van der Waals surface area contributed by atoms with Crippen LogP contribution in [0, 0.1) is 11.8 Å². The second-order valence-corrected chi connectivity index (χ2v) is 9.33. The maximum absolute atomic E-state index is 13.0. The smallest absolute Gasteiger partial charge is 0.167 e. The zero-order valence-electron chi connectivity index (χ0n) is 19.6. The minimum atomic E-state index is 0.0348. The van der Waals surface area contributed by atoms with Gasteiger partial charge >= 0.3 is 0 Å². The number of imidazole rings is 1. The first-order chi connectivity index (χ1) is 17.0. The van der Waals surface area contributed by atoms with Crippen LogP contribution in [-0.4, -0.2) is 63.8 Å². The van der Waals surface area contributed by atoms with E-state index in [-0.39, 0.29) is 5.78 Å². The molecule has 0 atom stereocenters. The van der Waals surface area contributed by atoms with Crippen molar-refractivity contribution < 1.29 is 4.79 Å². The van der Waals surface area contributed by atoms with Gasteiger partial charge < -0.3 is 9.88 Å². The van der Waals surface area contributed by atoms with Gasteiger partial charge in [0.05, 0.1) is 23.6 Å².